The van der Waals surface area contributed by atoms with Gasteiger partial charge in [-0.2, -0.15) is 4.98 Å². The standard InChI is InChI=1S/C21H25N5O2S/c1-21(2,3)14-6-7-15-16(11-14)29-20(23-15)24-17(27)8-9-18-25-19(26-28-18)13-5-4-10-22-12-13/h4-5,10,12,14H,6-9,11H2,1-3H3,(H,23,24,27)/t14-/m1/s1. The second-order valence-electron chi connectivity index (χ2n) is 8.50. The van der Waals surface area contributed by atoms with Crippen LogP contribution in [0.1, 0.15) is 50.1 Å². The van der Waals surface area contributed by atoms with E-state index in [0.29, 0.717) is 34.6 Å². The molecule has 1 N–H and O–H groups in total. The fourth-order valence-electron chi connectivity index (χ4n) is 3.54. The van der Waals surface area contributed by atoms with E-state index in [-0.39, 0.29) is 12.3 Å². The summed E-state index contributed by atoms with van der Waals surface area (Å²) in [6, 6.07) is 3.68. The molecule has 0 spiro atoms. The van der Waals surface area contributed by atoms with Crippen LogP contribution in [0.3, 0.4) is 0 Å². The van der Waals surface area contributed by atoms with E-state index in [9.17, 15) is 4.79 Å². The van der Waals surface area contributed by atoms with Crippen molar-refractivity contribution in [2.24, 2.45) is 11.3 Å². The summed E-state index contributed by atoms with van der Waals surface area (Å²) in [6.07, 6.45) is 7.21. The minimum atomic E-state index is -0.0930. The number of nitrogens with one attached hydrogen (secondary N) is 1. The number of fused-ring (bicyclic) bond motifs is 1. The highest BCUT2D eigenvalue weighted by Gasteiger charge is 2.30. The van der Waals surface area contributed by atoms with Crippen molar-refractivity contribution in [1.82, 2.24) is 20.1 Å². The maximum absolute atomic E-state index is 12.4. The van der Waals surface area contributed by atoms with E-state index in [0.717, 1.165) is 30.5 Å². The number of carbonyl (C=O) groups is 1. The van der Waals surface area contributed by atoms with Gasteiger partial charge in [0.05, 0.1) is 5.69 Å². The maximum atomic E-state index is 12.4. The van der Waals surface area contributed by atoms with Crippen LogP contribution in [0.25, 0.3) is 11.4 Å². The van der Waals surface area contributed by atoms with Crippen LogP contribution in [-0.2, 0) is 24.1 Å². The number of pyridine rings is 1. The van der Waals surface area contributed by atoms with Crippen LogP contribution < -0.4 is 5.32 Å². The van der Waals surface area contributed by atoms with E-state index in [1.54, 1.807) is 23.7 Å². The lowest BCUT2D eigenvalue weighted by atomic mass is 9.73. The largest absolute Gasteiger partial charge is 0.339 e. The number of aryl methyl sites for hydroxylation is 2. The first-order valence-corrected chi connectivity index (χ1v) is 10.7. The summed E-state index contributed by atoms with van der Waals surface area (Å²) >= 11 is 1.61. The van der Waals surface area contributed by atoms with Gasteiger partial charge in [-0.05, 0) is 42.7 Å². The number of hydrogen-bond acceptors (Lipinski definition) is 7. The predicted octanol–water partition coefficient (Wildman–Crippen LogP) is 4.31. The van der Waals surface area contributed by atoms with Gasteiger partial charge in [-0.15, -0.1) is 11.3 Å². The second-order valence-corrected chi connectivity index (χ2v) is 9.58. The Morgan fingerprint density at radius 1 is 1.34 bits per heavy atom. The third-order valence-electron chi connectivity index (χ3n) is 5.36. The fourth-order valence-corrected chi connectivity index (χ4v) is 4.64. The average molecular weight is 412 g/mol. The molecule has 29 heavy (non-hydrogen) atoms. The van der Waals surface area contributed by atoms with E-state index >= 15 is 0 Å². The summed E-state index contributed by atoms with van der Waals surface area (Å²) in [6.45, 7) is 6.89. The molecule has 3 aromatic rings. The Balaban J connectivity index is 1.32. The molecule has 0 unspecified atom stereocenters. The molecular formula is C21H25N5O2S. The number of amides is 1. The van der Waals surface area contributed by atoms with Gasteiger partial charge in [0, 0.05) is 35.7 Å². The number of anilines is 1. The highest BCUT2D eigenvalue weighted by atomic mass is 32.1. The van der Waals surface area contributed by atoms with Gasteiger partial charge in [0.15, 0.2) is 5.13 Å². The Bertz CT molecular complexity index is 990. The zero-order chi connectivity index (χ0) is 20.4. The molecule has 0 bridgehead atoms. The van der Waals surface area contributed by atoms with E-state index in [1.807, 2.05) is 12.1 Å². The van der Waals surface area contributed by atoms with Crippen molar-refractivity contribution >= 4 is 22.4 Å². The Morgan fingerprint density at radius 2 is 2.21 bits per heavy atom. The molecule has 0 radical (unpaired) electrons. The maximum Gasteiger partial charge on any atom is 0.227 e. The van der Waals surface area contributed by atoms with Gasteiger partial charge >= 0.3 is 0 Å². The van der Waals surface area contributed by atoms with E-state index in [1.165, 1.54) is 4.88 Å². The van der Waals surface area contributed by atoms with Gasteiger partial charge < -0.3 is 9.84 Å². The first-order valence-electron chi connectivity index (χ1n) is 9.90. The Hall–Kier alpha value is -2.61. The van der Waals surface area contributed by atoms with Crippen molar-refractivity contribution in [3.63, 3.8) is 0 Å². The molecule has 0 saturated heterocycles. The topological polar surface area (TPSA) is 93.8 Å². The van der Waals surface area contributed by atoms with Crippen LogP contribution in [0.2, 0.25) is 0 Å². The molecule has 1 aliphatic carbocycles. The highest BCUT2D eigenvalue weighted by Crippen LogP contribution is 2.40. The normalized spacial score (nSPS) is 16.4. The molecule has 4 rings (SSSR count). The minimum Gasteiger partial charge on any atom is -0.339 e. The summed E-state index contributed by atoms with van der Waals surface area (Å²) in [4.78, 5) is 26.7. The number of hydrogen-bond donors (Lipinski definition) is 1. The second kappa shape index (κ2) is 8.02. The summed E-state index contributed by atoms with van der Waals surface area (Å²) in [5.41, 5.74) is 2.22. The Morgan fingerprint density at radius 3 is 2.97 bits per heavy atom. The van der Waals surface area contributed by atoms with Crippen molar-refractivity contribution in [3.8, 4) is 11.4 Å². The average Bonchev–Trinajstić information content (AvgIpc) is 3.32. The predicted molar refractivity (Wildman–Crippen MR) is 112 cm³/mol. The number of nitrogens with zero attached hydrogens (tertiary/aromatic N) is 4. The molecule has 8 heteroatoms. The molecule has 0 fully saturated rings. The third kappa shape index (κ3) is 4.70. The van der Waals surface area contributed by atoms with Crippen LogP contribution in [0.15, 0.2) is 29.0 Å². The van der Waals surface area contributed by atoms with Crippen LogP contribution >= 0.6 is 11.3 Å². The van der Waals surface area contributed by atoms with Crippen molar-refractivity contribution in [2.45, 2.75) is 52.9 Å². The van der Waals surface area contributed by atoms with Crippen molar-refractivity contribution in [1.29, 1.82) is 0 Å². The molecule has 1 aliphatic rings. The minimum absolute atomic E-state index is 0.0930. The Kier molecular flexibility index (Phi) is 5.45. The van der Waals surface area contributed by atoms with Gasteiger partial charge in [0.1, 0.15) is 0 Å². The lowest BCUT2D eigenvalue weighted by Crippen LogP contribution is -2.26. The van der Waals surface area contributed by atoms with Crippen molar-refractivity contribution in [2.75, 3.05) is 5.32 Å². The summed E-state index contributed by atoms with van der Waals surface area (Å²) in [7, 11) is 0. The number of aromatic nitrogens is 4. The zero-order valence-electron chi connectivity index (χ0n) is 16.9. The molecule has 152 valence electrons. The summed E-state index contributed by atoms with van der Waals surface area (Å²) < 4.78 is 5.25. The summed E-state index contributed by atoms with van der Waals surface area (Å²) in [5, 5.41) is 7.57. The van der Waals surface area contributed by atoms with Crippen LogP contribution in [-0.4, -0.2) is 26.0 Å². The van der Waals surface area contributed by atoms with Gasteiger partial charge in [-0.1, -0.05) is 25.9 Å². The molecule has 0 aliphatic heterocycles. The Labute approximate surface area is 174 Å². The molecular weight excluding hydrogens is 386 g/mol. The van der Waals surface area contributed by atoms with E-state index in [4.69, 9.17) is 4.52 Å². The third-order valence-corrected chi connectivity index (χ3v) is 6.40. The smallest absolute Gasteiger partial charge is 0.227 e. The van der Waals surface area contributed by atoms with Gasteiger partial charge in [0.25, 0.3) is 0 Å². The lowest BCUT2D eigenvalue weighted by Gasteiger charge is -2.33. The summed E-state index contributed by atoms with van der Waals surface area (Å²) in [5.74, 6) is 1.48. The van der Waals surface area contributed by atoms with Gasteiger partial charge in [-0.25, -0.2) is 4.98 Å². The zero-order valence-corrected chi connectivity index (χ0v) is 17.8. The van der Waals surface area contributed by atoms with Gasteiger partial charge in [0.2, 0.25) is 17.6 Å². The van der Waals surface area contributed by atoms with Gasteiger partial charge in [-0.3, -0.25) is 9.78 Å². The fraction of sp³-hybridized carbons (Fsp3) is 0.476. The van der Waals surface area contributed by atoms with E-state index < -0.39 is 0 Å². The molecule has 7 nitrogen and oxygen atoms in total. The molecule has 3 aromatic heterocycles. The number of carbonyl (C=O) groups excluding carboxylic acids is 1. The van der Waals surface area contributed by atoms with Crippen molar-refractivity contribution < 1.29 is 9.32 Å². The first-order chi connectivity index (χ1) is 13.9. The van der Waals surface area contributed by atoms with Crippen LogP contribution in [0.5, 0.6) is 0 Å². The van der Waals surface area contributed by atoms with E-state index in [2.05, 4.69) is 46.2 Å². The number of rotatable bonds is 5. The molecule has 1 atom stereocenters. The molecule has 1 amide bonds. The quantitative estimate of drug-likeness (QED) is 0.672. The molecule has 3 heterocycles. The highest BCUT2D eigenvalue weighted by molar-refractivity contribution is 7.15. The lowest BCUT2D eigenvalue weighted by molar-refractivity contribution is -0.116. The van der Waals surface area contributed by atoms with Crippen LogP contribution in [0, 0.1) is 11.3 Å². The van der Waals surface area contributed by atoms with Crippen LogP contribution in [0.4, 0.5) is 5.13 Å². The molecule has 0 saturated carbocycles. The molecule has 0 aromatic carbocycles. The monoisotopic (exact) mass is 411 g/mol. The SMILES string of the molecule is CC(C)(C)[C@@H]1CCc2nc(NC(=O)CCc3nc(-c4cccnc4)no3)sc2C1. The number of thiazole rings is 1. The van der Waals surface area contributed by atoms with Crippen molar-refractivity contribution in [3.05, 3.63) is 41.0 Å². The first kappa shape index (κ1) is 19.7.